The lowest BCUT2D eigenvalue weighted by atomic mass is 9.98. The Morgan fingerprint density at radius 1 is 0.446 bits per heavy atom. The highest BCUT2D eigenvalue weighted by Gasteiger charge is 2.26. The molecule has 0 bridgehead atoms. The minimum atomic E-state index is 0.858. The first-order valence-electron chi connectivity index (χ1n) is 19.0. The number of benzene rings is 9. The molecule has 0 amide bonds. The van der Waals surface area contributed by atoms with Crippen molar-refractivity contribution in [1.29, 1.82) is 0 Å². The van der Waals surface area contributed by atoms with Gasteiger partial charge in [-0.2, -0.15) is 0 Å². The van der Waals surface area contributed by atoms with Gasteiger partial charge in [0, 0.05) is 32.9 Å². The summed E-state index contributed by atoms with van der Waals surface area (Å²) in [5.41, 5.74) is 12.8. The average Bonchev–Trinajstić information content (AvgIpc) is 3.82. The van der Waals surface area contributed by atoms with Gasteiger partial charge in [0.05, 0.1) is 22.4 Å². The van der Waals surface area contributed by atoms with Gasteiger partial charge in [0.1, 0.15) is 5.58 Å². The minimum absolute atomic E-state index is 0.858. The molecule has 0 saturated carbocycles. The summed E-state index contributed by atoms with van der Waals surface area (Å²) in [5, 5.41) is 7.07. The largest absolute Gasteiger partial charge is 0.454 e. The summed E-state index contributed by atoms with van der Waals surface area (Å²) in [6.07, 6.45) is 0. The van der Waals surface area contributed by atoms with E-state index in [0.717, 1.165) is 67.3 Å². The van der Waals surface area contributed by atoms with Crippen LogP contribution < -0.4 is 9.64 Å². The number of anilines is 3. The molecular weight excluding hydrogens is 685 g/mol. The molecule has 1 aliphatic heterocycles. The van der Waals surface area contributed by atoms with E-state index in [1.807, 2.05) is 24.3 Å². The quantitative estimate of drug-likeness (QED) is 0.178. The number of furan rings is 1. The second-order valence-corrected chi connectivity index (χ2v) is 14.5. The standard InChI is InChI=1S/C52H32N2O2/c1-2-11-36-32-37(21-20-33(36)10-1)34-22-26-38(27-23-34)53(46-17-9-14-42-41-12-4-7-18-47(41)56-52(42)46)39-28-24-35(25-29-39)40-30-31-49-51-50(40)43-13-3-5-15-44(43)54(51)45-16-6-8-19-48(45)55-49/h1-32H. The van der Waals surface area contributed by atoms with E-state index in [1.54, 1.807) is 0 Å². The van der Waals surface area contributed by atoms with Crippen molar-refractivity contribution in [3.63, 3.8) is 0 Å². The molecule has 0 aliphatic carbocycles. The van der Waals surface area contributed by atoms with Crippen LogP contribution in [-0.4, -0.2) is 4.57 Å². The highest BCUT2D eigenvalue weighted by atomic mass is 16.5. The molecule has 4 nitrogen and oxygen atoms in total. The molecule has 2 aromatic heterocycles. The monoisotopic (exact) mass is 716 g/mol. The fourth-order valence-corrected chi connectivity index (χ4v) is 8.78. The predicted octanol–water partition coefficient (Wildman–Crippen LogP) is 14.7. The van der Waals surface area contributed by atoms with E-state index in [-0.39, 0.29) is 0 Å². The third kappa shape index (κ3) is 4.60. The van der Waals surface area contributed by atoms with Crippen LogP contribution in [-0.2, 0) is 0 Å². The van der Waals surface area contributed by atoms with Crippen LogP contribution in [0.2, 0.25) is 0 Å². The summed E-state index contributed by atoms with van der Waals surface area (Å²) in [5.74, 6) is 1.73. The van der Waals surface area contributed by atoms with Crippen molar-refractivity contribution in [3.8, 4) is 39.4 Å². The van der Waals surface area contributed by atoms with E-state index in [2.05, 4.69) is 179 Å². The number of fused-ring (bicyclic) bond motifs is 9. The number of hydrogen-bond acceptors (Lipinski definition) is 3. The Morgan fingerprint density at radius 2 is 1.12 bits per heavy atom. The smallest absolute Gasteiger partial charge is 0.159 e. The summed E-state index contributed by atoms with van der Waals surface area (Å²) < 4.78 is 15.5. The first-order chi connectivity index (χ1) is 27.8. The van der Waals surface area contributed by atoms with Gasteiger partial charge in [0.2, 0.25) is 0 Å². The molecule has 56 heavy (non-hydrogen) atoms. The molecule has 4 heteroatoms. The zero-order chi connectivity index (χ0) is 36.7. The minimum Gasteiger partial charge on any atom is -0.454 e. The molecule has 262 valence electrons. The lowest BCUT2D eigenvalue weighted by molar-refractivity contribution is 0.476. The van der Waals surface area contributed by atoms with Gasteiger partial charge in [-0.05, 0) is 106 Å². The second kappa shape index (κ2) is 12.0. The van der Waals surface area contributed by atoms with E-state index in [4.69, 9.17) is 9.15 Å². The molecule has 0 saturated heterocycles. The Labute approximate surface area is 322 Å². The average molecular weight is 717 g/mol. The Hall–Kier alpha value is -7.56. The van der Waals surface area contributed by atoms with Gasteiger partial charge in [-0.1, -0.05) is 121 Å². The van der Waals surface area contributed by atoms with Crippen molar-refractivity contribution in [3.05, 3.63) is 194 Å². The number of ether oxygens (including phenoxy) is 1. The highest BCUT2D eigenvalue weighted by Crippen LogP contribution is 2.49. The Bertz CT molecular complexity index is 3340. The van der Waals surface area contributed by atoms with Gasteiger partial charge in [0.15, 0.2) is 17.1 Å². The molecule has 3 heterocycles. The molecule has 0 unspecified atom stereocenters. The van der Waals surface area contributed by atoms with Gasteiger partial charge < -0.3 is 18.6 Å². The predicted molar refractivity (Wildman–Crippen MR) is 231 cm³/mol. The number of aromatic nitrogens is 1. The number of para-hydroxylation sites is 5. The van der Waals surface area contributed by atoms with Crippen molar-refractivity contribution in [2.75, 3.05) is 4.90 Å². The summed E-state index contributed by atoms with van der Waals surface area (Å²) >= 11 is 0. The van der Waals surface area contributed by atoms with Crippen molar-refractivity contribution in [2.45, 2.75) is 0 Å². The molecule has 9 aromatic carbocycles. The molecule has 0 atom stereocenters. The van der Waals surface area contributed by atoms with Crippen LogP contribution in [0.4, 0.5) is 17.1 Å². The van der Waals surface area contributed by atoms with Crippen molar-refractivity contribution >= 4 is 71.6 Å². The van der Waals surface area contributed by atoms with E-state index in [0.29, 0.717) is 0 Å². The van der Waals surface area contributed by atoms with Gasteiger partial charge in [-0.25, -0.2) is 0 Å². The molecule has 0 radical (unpaired) electrons. The highest BCUT2D eigenvalue weighted by molar-refractivity contribution is 6.18. The van der Waals surface area contributed by atoms with Crippen LogP contribution in [0.15, 0.2) is 199 Å². The van der Waals surface area contributed by atoms with Crippen LogP contribution in [0.3, 0.4) is 0 Å². The maximum atomic E-state index is 6.62. The SMILES string of the molecule is c1ccc2c(c1)Oc1ccc(-c3ccc(N(c4ccc(-c5ccc6ccccc6c5)cc4)c4cccc5c4oc4ccccc45)cc3)c3c4ccccc4n-2c13. The molecule has 12 rings (SSSR count). The first kappa shape index (κ1) is 30.9. The third-order valence-corrected chi connectivity index (χ3v) is 11.4. The molecule has 0 N–H and O–H groups in total. The molecule has 11 aromatic rings. The molecule has 1 aliphatic rings. The normalized spacial score (nSPS) is 12.1. The number of rotatable bonds is 5. The van der Waals surface area contributed by atoms with Crippen LogP contribution in [0, 0.1) is 0 Å². The topological polar surface area (TPSA) is 30.5 Å². The van der Waals surface area contributed by atoms with Crippen molar-refractivity contribution in [1.82, 2.24) is 4.57 Å². The van der Waals surface area contributed by atoms with E-state index >= 15 is 0 Å². The first-order valence-corrected chi connectivity index (χ1v) is 19.0. The maximum absolute atomic E-state index is 6.62. The zero-order valence-corrected chi connectivity index (χ0v) is 30.2. The number of hydrogen-bond donors (Lipinski definition) is 0. The van der Waals surface area contributed by atoms with Gasteiger partial charge >= 0.3 is 0 Å². The summed E-state index contributed by atoms with van der Waals surface area (Å²) in [4.78, 5) is 2.31. The fourth-order valence-electron chi connectivity index (χ4n) is 8.78. The van der Waals surface area contributed by atoms with Gasteiger partial charge in [-0.3, -0.25) is 0 Å². The third-order valence-electron chi connectivity index (χ3n) is 11.4. The molecule has 0 spiro atoms. The molecular formula is C52H32N2O2. The zero-order valence-electron chi connectivity index (χ0n) is 30.2. The lowest BCUT2D eigenvalue weighted by Crippen LogP contribution is -2.10. The van der Waals surface area contributed by atoms with E-state index in [9.17, 15) is 0 Å². The van der Waals surface area contributed by atoms with Crippen LogP contribution in [0.5, 0.6) is 11.5 Å². The Kier molecular flexibility index (Phi) is 6.60. The molecule has 0 fully saturated rings. The Morgan fingerprint density at radius 3 is 1.98 bits per heavy atom. The number of nitrogens with zero attached hydrogens (tertiary/aromatic N) is 2. The lowest BCUT2D eigenvalue weighted by Gasteiger charge is -2.26. The van der Waals surface area contributed by atoms with E-state index in [1.165, 1.54) is 43.8 Å². The second-order valence-electron chi connectivity index (χ2n) is 14.5. The van der Waals surface area contributed by atoms with Crippen LogP contribution in [0.25, 0.3) is 82.5 Å². The van der Waals surface area contributed by atoms with Crippen molar-refractivity contribution in [2.24, 2.45) is 0 Å². The van der Waals surface area contributed by atoms with Gasteiger partial charge in [0.25, 0.3) is 0 Å². The maximum Gasteiger partial charge on any atom is 0.159 e. The summed E-state index contributed by atoms with van der Waals surface area (Å²) in [7, 11) is 0. The fraction of sp³-hybridized carbons (Fsp3) is 0. The van der Waals surface area contributed by atoms with Crippen molar-refractivity contribution < 1.29 is 9.15 Å². The Balaban J connectivity index is 1.01. The van der Waals surface area contributed by atoms with E-state index < -0.39 is 0 Å². The summed E-state index contributed by atoms with van der Waals surface area (Å²) in [6.45, 7) is 0. The van der Waals surface area contributed by atoms with Gasteiger partial charge in [-0.15, -0.1) is 0 Å². The summed E-state index contributed by atoms with van der Waals surface area (Å²) in [6, 6.07) is 69.0. The van der Waals surface area contributed by atoms with Crippen LogP contribution >= 0.6 is 0 Å². The van der Waals surface area contributed by atoms with Crippen LogP contribution in [0.1, 0.15) is 0 Å².